The van der Waals surface area contributed by atoms with Gasteiger partial charge in [-0.05, 0) is 43.2 Å². The number of hydrogen-bond acceptors (Lipinski definition) is 3. The fraction of sp³-hybridized carbons (Fsp3) is 0.571. The maximum Gasteiger partial charge on any atom is 0.243 e. The summed E-state index contributed by atoms with van der Waals surface area (Å²) in [6.07, 6.45) is 4.97. The van der Waals surface area contributed by atoms with Gasteiger partial charge in [-0.2, -0.15) is 4.98 Å². The summed E-state index contributed by atoms with van der Waals surface area (Å²) >= 11 is 0. The van der Waals surface area contributed by atoms with Gasteiger partial charge in [0.2, 0.25) is 5.95 Å². The summed E-state index contributed by atoms with van der Waals surface area (Å²) < 4.78 is 14.6. The molecule has 2 aromatic rings. The molecular weight excluding hydrogens is 243 g/mol. The molecule has 5 heteroatoms. The quantitative estimate of drug-likeness (QED) is 0.904. The highest BCUT2D eigenvalue weighted by atomic mass is 19.1. The van der Waals surface area contributed by atoms with Crippen LogP contribution in [0.5, 0.6) is 0 Å². The Balaban J connectivity index is 1.77. The Labute approximate surface area is 112 Å². The maximum absolute atomic E-state index is 13.1. The van der Waals surface area contributed by atoms with Crippen molar-refractivity contribution < 1.29 is 4.39 Å². The molecule has 1 aliphatic rings. The summed E-state index contributed by atoms with van der Waals surface area (Å²) in [5.41, 5.74) is 0.667. The molecule has 0 saturated heterocycles. The van der Waals surface area contributed by atoms with Crippen LogP contribution >= 0.6 is 0 Å². The summed E-state index contributed by atoms with van der Waals surface area (Å²) in [4.78, 5) is 4.38. The monoisotopic (exact) mass is 262 g/mol. The lowest BCUT2D eigenvalue weighted by Crippen LogP contribution is -2.33. The lowest BCUT2D eigenvalue weighted by atomic mass is 9.80. The summed E-state index contributed by atoms with van der Waals surface area (Å²) in [5.74, 6) is 1.71. The SMILES string of the molecule is CC1CCC(Nc2nc3ccc(F)cn3n2)C(C)C1. The molecule has 1 fully saturated rings. The van der Waals surface area contributed by atoms with Crippen LogP contribution in [0.4, 0.5) is 10.3 Å². The first-order valence-corrected chi connectivity index (χ1v) is 6.90. The first-order chi connectivity index (χ1) is 9.11. The largest absolute Gasteiger partial charge is 0.350 e. The number of pyridine rings is 1. The topological polar surface area (TPSA) is 42.2 Å². The van der Waals surface area contributed by atoms with Gasteiger partial charge in [0, 0.05) is 6.04 Å². The molecule has 3 unspecified atom stereocenters. The summed E-state index contributed by atoms with van der Waals surface area (Å²) in [7, 11) is 0. The minimum absolute atomic E-state index is 0.302. The standard InChI is InChI=1S/C14H19FN4/c1-9-3-5-12(10(2)7-9)16-14-17-13-6-4-11(15)8-19(13)18-14/h4,6,8-10,12H,3,5,7H2,1-2H3,(H,16,18). The van der Waals surface area contributed by atoms with E-state index in [2.05, 4.69) is 29.2 Å². The second kappa shape index (κ2) is 4.79. The molecule has 0 spiro atoms. The molecular formula is C14H19FN4. The van der Waals surface area contributed by atoms with Crippen LogP contribution in [0.2, 0.25) is 0 Å². The number of nitrogens with zero attached hydrogens (tertiary/aromatic N) is 3. The molecule has 1 aliphatic carbocycles. The first-order valence-electron chi connectivity index (χ1n) is 6.90. The fourth-order valence-corrected chi connectivity index (χ4v) is 2.96. The van der Waals surface area contributed by atoms with Crippen LogP contribution in [-0.4, -0.2) is 20.6 Å². The predicted octanol–water partition coefficient (Wildman–Crippen LogP) is 3.11. The van der Waals surface area contributed by atoms with Crippen LogP contribution < -0.4 is 5.32 Å². The minimum Gasteiger partial charge on any atom is -0.350 e. The van der Waals surface area contributed by atoms with Gasteiger partial charge in [-0.3, -0.25) is 0 Å². The fourth-order valence-electron chi connectivity index (χ4n) is 2.96. The number of anilines is 1. The van der Waals surface area contributed by atoms with E-state index in [0.29, 0.717) is 23.6 Å². The molecule has 0 amide bonds. The Kier molecular flexibility index (Phi) is 3.12. The van der Waals surface area contributed by atoms with Crippen molar-refractivity contribution in [2.24, 2.45) is 11.8 Å². The van der Waals surface area contributed by atoms with Crippen molar-refractivity contribution in [3.05, 3.63) is 24.1 Å². The lowest BCUT2D eigenvalue weighted by molar-refractivity contribution is 0.276. The van der Waals surface area contributed by atoms with Gasteiger partial charge in [0.1, 0.15) is 5.82 Å². The van der Waals surface area contributed by atoms with Crippen LogP contribution in [0.1, 0.15) is 33.1 Å². The second-order valence-corrected chi connectivity index (χ2v) is 5.73. The molecule has 3 rings (SSSR count). The molecule has 2 aromatic heterocycles. The zero-order valence-corrected chi connectivity index (χ0v) is 11.3. The third-order valence-electron chi connectivity index (χ3n) is 4.04. The first kappa shape index (κ1) is 12.4. The van der Waals surface area contributed by atoms with E-state index < -0.39 is 0 Å². The van der Waals surface area contributed by atoms with Crippen molar-refractivity contribution in [1.29, 1.82) is 0 Å². The number of aromatic nitrogens is 3. The van der Waals surface area contributed by atoms with Gasteiger partial charge in [0.25, 0.3) is 0 Å². The van der Waals surface area contributed by atoms with E-state index in [0.717, 1.165) is 12.3 Å². The van der Waals surface area contributed by atoms with Gasteiger partial charge in [-0.15, -0.1) is 5.10 Å². The van der Waals surface area contributed by atoms with E-state index in [1.165, 1.54) is 29.6 Å². The van der Waals surface area contributed by atoms with Gasteiger partial charge in [-0.1, -0.05) is 13.8 Å². The van der Waals surface area contributed by atoms with Gasteiger partial charge in [-0.25, -0.2) is 8.91 Å². The van der Waals surface area contributed by atoms with E-state index in [4.69, 9.17) is 0 Å². The Morgan fingerprint density at radius 1 is 1.32 bits per heavy atom. The van der Waals surface area contributed by atoms with Crippen LogP contribution in [0.15, 0.2) is 18.3 Å². The highest BCUT2D eigenvalue weighted by Crippen LogP contribution is 2.30. The highest BCUT2D eigenvalue weighted by molar-refractivity contribution is 5.43. The van der Waals surface area contributed by atoms with Gasteiger partial charge in [0.15, 0.2) is 5.65 Å². The van der Waals surface area contributed by atoms with Gasteiger partial charge in [0.05, 0.1) is 6.20 Å². The van der Waals surface area contributed by atoms with E-state index in [9.17, 15) is 4.39 Å². The zero-order chi connectivity index (χ0) is 13.4. The van der Waals surface area contributed by atoms with Gasteiger partial charge < -0.3 is 5.32 Å². The summed E-state index contributed by atoms with van der Waals surface area (Å²) in [5, 5.41) is 7.67. The van der Waals surface area contributed by atoms with Crippen molar-refractivity contribution in [2.75, 3.05) is 5.32 Å². The van der Waals surface area contributed by atoms with E-state index in [1.54, 1.807) is 6.07 Å². The lowest BCUT2D eigenvalue weighted by Gasteiger charge is -2.32. The summed E-state index contributed by atoms with van der Waals surface area (Å²) in [6.45, 7) is 4.57. The number of rotatable bonds is 2. The van der Waals surface area contributed by atoms with Crippen molar-refractivity contribution in [3.8, 4) is 0 Å². The Morgan fingerprint density at radius 2 is 2.16 bits per heavy atom. The Morgan fingerprint density at radius 3 is 2.95 bits per heavy atom. The van der Waals surface area contributed by atoms with Crippen LogP contribution in [0.25, 0.3) is 5.65 Å². The van der Waals surface area contributed by atoms with E-state index in [1.807, 2.05) is 0 Å². The molecule has 0 bridgehead atoms. The van der Waals surface area contributed by atoms with E-state index >= 15 is 0 Å². The smallest absolute Gasteiger partial charge is 0.243 e. The van der Waals surface area contributed by atoms with Crippen LogP contribution in [-0.2, 0) is 0 Å². The molecule has 19 heavy (non-hydrogen) atoms. The van der Waals surface area contributed by atoms with Crippen molar-refractivity contribution in [3.63, 3.8) is 0 Å². The Bertz CT molecular complexity index is 580. The average molecular weight is 262 g/mol. The number of nitrogens with one attached hydrogen (secondary N) is 1. The van der Waals surface area contributed by atoms with Crippen LogP contribution in [0, 0.1) is 17.7 Å². The molecule has 0 aliphatic heterocycles. The Hall–Kier alpha value is -1.65. The highest BCUT2D eigenvalue weighted by Gasteiger charge is 2.26. The van der Waals surface area contributed by atoms with Crippen LogP contribution in [0.3, 0.4) is 0 Å². The third-order valence-corrected chi connectivity index (χ3v) is 4.04. The predicted molar refractivity (Wildman–Crippen MR) is 72.5 cm³/mol. The second-order valence-electron chi connectivity index (χ2n) is 5.73. The zero-order valence-electron chi connectivity index (χ0n) is 11.3. The number of hydrogen-bond donors (Lipinski definition) is 1. The molecule has 3 atom stereocenters. The molecule has 0 aromatic carbocycles. The maximum atomic E-state index is 13.1. The van der Waals surface area contributed by atoms with Crippen molar-refractivity contribution >= 4 is 11.6 Å². The molecule has 0 radical (unpaired) electrons. The normalized spacial score (nSPS) is 27.6. The molecule has 1 N–H and O–H groups in total. The molecule has 1 saturated carbocycles. The molecule has 4 nitrogen and oxygen atoms in total. The number of halogens is 1. The average Bonchev–Trinajstić information content (AvgIpc) is 2.74. The molecule has 102 valence electrons. The van der Waals surface area contributed by atoms with Crippen molar-refractivity contribution in [2.45, 2.75) is 39.2 Å². The van der Waals surface area contributed by atoms with E-state index in [-0.39, 0.29) is 5.82 Å². The number of fused-ring (bicyclic) bond motifs is 1. The third kappa shape index (κ3) is 2.55. The summed E-state index contributed by atoms with van der Waals surface area (Å²) in [6, 6.07) is 3.46. The van der Waals surface area contributed by atoms with Gasteiger partial charge >= 0.3 is 0 Å². The van der Waals surface area contributed by atoms with Crippen molar-refractivity contribution in [1.82, 2.24) is 14.6 Å². The minimum atomic E-state index is -0.302. The molecule has 2 heterocycles.